The van der Waals surface area contributed by atoms with Crippen molar-refractivity contribution in [1.82, 2.24) is 0 Å². The van der Waals surface area contributed by atoms with Crippen LogP contribution >= 0.6 is 11.4 Å². The van der Waals surface area contributed by atoms with Gasteiger partial charge in [0.05, 0.1) is 5.05 Å². The summed E-state index contributed by atoms with van der Waals surface area (Å²) in [6.45, 7) is 8.29. The minimum atomic E-state index is 0.485. The smallest absolute Gasteiger partial charge is 0.0926 e. The first kappa shape index (κ1) is 10.9. The standard InChI is InChI=1S/C9H18OS/c1-7(2)5-9(10)11-6-8(3)4/h5,8,10-11H,6H2,1-4H3. The molecule has 0 rings (SSSR count). The van der Waals surface area contributed by atoms with Crippen molar-refractivity contribution in [3.63, 3.8) is 0 Å². The maximum Gasteiger partial charge on any atom is 0.0926 e. The van der Waals surface area contributed by atoms with E-state index in [0.717, 1.165) is 22.7 Å². The van der Waals surface area contributed by atoms with Gasteiger partial charge in [-0.1, -0.05) is 19.4 Å². The molecule has 0 aliphatic rings. The highest BCUT2D eigenvalue weighted by molar-refractivity contribution is 7.98. The molecule has 0 aromatic heterocycles. The van der Waals surface area contributed by atoms with Gasteiger partial charge in [-0.05, 0) is 31.6 Å². The van der Waals surface area contributed by atoms with Crippen molar-refractivity contribution in [2.45, 2.75) is 27.7 Å². The van der Waals surface area contributed by atoms with Crippen LogP contribution in [0, 0.1) is 5.92 Å². The van der Waals surface area contributed by atoms with E-state index in [-0.39, 0.29) is 0 Å². The van der Waals surface area contributed by atoms with Gasteiger partial charge in [-0.25, -0.2) is 0 Å². The zero-order chi connectivity index (χ0) is 8.85. The predicted octanol–water partition coefficient (Wildman–Crippen LogP) is 2.76. The first-order valence-electron chi connectivity index (χ1n) is 3.90. The second kappa shape index (κ2) is 5.56. The Kier molecular flexibility index (Phi) is 5.51. The molecule has 0 heterocycles. The molecule has 0 fully saturated rings. The molecule has 0 aliphatic heterocycles. The number of hydrogen-bond acceptors (Lipinski definition) is 0. The van der Waals surface area contributed by atoms with Crippen LogP contribution in [-0.4, -0.2) is 15.9 Å². The van der Waals surface area contributed by atoms with Crippen molar-refractivity contribution in [1.29, 1.82) is 0 Å². The number of aliphatic hydroxyl groups excluding tert-OH is 1. The third-order valence-electron chi connectivity index (χ3n) is 1.04. The highest BCUT2D eigenvalue weighted by Crippen LogP contribution is 2.02. The van der Waals surface area contributed by atoms with Gasteiger partial charge in [0.25, 0.3) is 0 Å². The SMILES string of the molecule is CC(C)=CC(O)=[SH]CC(C)C. The van der Waals surface area contributed by atoms with Crippen molar-refractivity contribution < 1.29 is 5.11 Å². The van der Waals surface area contributed by atoms with Gasteiger partial charge in [0.2, 0.25) is 0 Å². The van der Waals surface area contributed by atoms with Gasteiger partial charge < -0.3 is 5.11 Å². The van der Waals surface area contributed by atoms with Crippen LogP contribution in [-0.2, 0) is 0 Å². The molecule has 2 heteroatoms. The number of allylic oxidation sites excluding steroid dienone is 1. The van der Waals surface area contributed by atoms with Crippen LogP contribution in [0.15, 0.2) is 11.6 Å². The summed E-state index contributed by atoms with van der Waals surface area (Å²) in [5.74, 6) is 1.69. The Bertz CT molecular complexity index is 164. The maximum absolute atomic E-state index is 9.30. The Hall–Kier alpha value is -0.0800. The molecule has 0 radical (unpaired) electrons. The minimum Gasteiger partial charge on any atom is -0.356 e. The maximum atomic E-state index is 9.30. The van der Waals surface area contributed by atoms with Gasteiger partial charge in [0.15, 0.2) is 0 Å². The van der Waals surface area contributed by atoms with Crippen LogP contribution < -0.4 is 0 Å². The van der Waals surface area contributed by atoms with Crippen molar-refractivity contribution in [2.75, 3.05) is 5.75 Å². The van der Waals surface area contributed by atoms with Crippen LogP contribution in [0.2, 0.25) is 0 Å². The fourth-order valence-electron chi connectivity index (χ4n) is 0.580. The second-order valence-electron chi connectivity index (χ2n) is 3.31. The summed E-state index contributed by atoms with van der Waals surface area (Å²) in [6, 6.07) is 0. The lowest BCUT2D eigenvalue weighted by atomic mass is 10.3. The summed E-state index contributed by atoms with van der Waals surface area (Å²) in [4.78, 5) is 0. The Labute approximate surface area is 73.1 Å². The Morgan fingerprint density at radius 1 is 1.45 bits per heavy atom. The third-order valence-corrected chi connectivity index (χ3v) is 2.40. The summed E-state index contributed by atoms with van der Waals surface area (Å²) < 4.78 is 0. The molecule has 0 aromatic rings. The van der Waals surface area contributed by atoms with E-state index in [1.165, 1.54) is 0 Å². The molecule has 0 unspecified atom stereocenters. The normalized spacial score (nSPS) is 12.7. The predicted molar refractivity (Wildman–Crippen MR) is 55.8 cm³/mol. The lowest BCUT2D eigenvalue weighted by Gasteiger charge is -1.98. The largest absolute Gasteiger partial charge is 0.356 e. The molecular weight excluding hydrogens is 156 g/mol. The molecule has 11 heavy (non-hydrogen) atoms. The molecule has 0 spiro atoms. The average Bonchev–Trinajstić information content (AvgIpc) is 1.82. The number of hydrogen-bond donors (Lipinski definition) is 2. The Morgan fingerprint density at radius 3 is 2.36 bits per heavy atom. The monoisotopic (exact) mass is 174 g/mol. The van der Waals surface area contributed by atoms with E-state index in [4.69, 9.17) is 0 Å². The van der Waals surface area contributed by atoms with Crippen molar-refractivity contribution in [3.8, 4) is 0 Å². The first-order valence-corrected chi connectivity index (χ1v) is 4.98. The number of aliphatic hydroxyl groups is 1. The van der Waals surface area contributed by atoms with Crippen LogP contribution in [0.4, 0.5) is 0 Å². The van der Waals surface area contributed by atoms with Gasteiger partial charge in [0.1, 0.15) is 0 Å². The van der Waals surface area contributed by atoms with E-state index < -0.39 is 0 Å². The molecule has 0 bridgehead atoms. The molecule has 0 saturated heterocycles. The van der Waals surface area contributed by atoms with E-state index in [1.807, 2.05) is 19.9 Å². The van der Waals surface area contributed by atoms with Gasteiger partial charge in [-0.15, -0.1) is 0 Å². The van der Waals surface area contributed by atoms with Crippen LogP contribution in [0.5, 0.6) is 0 Å². The van der Waals surface area contributed by atoms with Gasteiger partial charge in [0, 0.05) is 0 Å². The highest BCUT2D eigenvalue weighted by Gasteiger charge is 1.90. The van der Waals surface area contributed by atoms with Gasteiger partial charge >= 0.3 is 0 Å². The lowest BCUT2D eigenvalue weighted by molar-refractivity contribution is 0.573. The molecule has 0 atom stereocenters. The van der Waals surface area contributed by atoms with E-state index in [2.05, 4.69) is 13.8 Å². The summed E-state index contributed by atoms with van der Waals surface area (Å²) in [7, 11) is 0. The van der Waals surface area contributed by atoms with Gasteiger partial charge in [-0.3, -0.25) is 0 Å². The zero-order valence-electron chi connectivity index (χ0n) is 7.76. The Morgan fingerprint density at radius 2 is 2.00 bits per heavy atom. The van der Waals surface area contributed by atoms with Crippen molar-refractivity contribution in [2.24, 2.45) is 5.92 Å². The van der Waals surface area contributed by atoms with Crippen LogP contribution in [0.3, 0.4) is 0 Å². The van der Waals surface area contributed by atoms with E-state index in [0.29, 0.717) is 11.0 Å². The quantitative estimate of drug-likeness (QED) is 0.383. The molecule has 0 amide bonds. The highest BCUT2D eigenvalue weighted by atomic mass is 32.1. The summed E-state index contributed by atoms with van der Waals surface area (Å²) in [6.07, 6.45) is 1.82. The summed E-state index contributed by atoms with van der Waals surface area (Å²) in [5.41, 5.74) is 1.15. The van der Waals surface area contributed by atoms with Crippen molar-refractivity contribution in [3.05, 3.63) is 11.6 Å². The minimum absolute atomic E-state index is 0.485. The summed E-state index contributed by atoms with van der Waals surface area (Å²) in [5, 5.41) is 9.78. The molecule has 0 aliphatic carbocycles. The topological polar surface area (TPSA) is 20.2 Å². The first-order chi connectivity index (χ1) is 5.02. The molecule has 0 saturated carbocycles. The van der Waals surface area contributed by atoms with Crippen LogP contribution in [0.25, 0.3) is 0 Å². The number of rotatable bonds is 3. The van der Waals surface area contributed by atoms with Gasteiger partial charge in [-0.2, -0.15) is 11.4 Å². The van der Waals surface area contributed by atoms with E-state index in [1.54, 1.807) is 0 Å². The van der Waals surface area contributed by atoms with E-state index >= 15 is 0 Å². The zero-order valence-corrected chi connectivity index (χ0v) is 8.65. The van der Waals surface area contributed by atoms with E-state index in [9.17, 15) is 5.11 Å². The Balaban J connectivity index is 3.92. The fraction of sp³-hybridized carbons (Fsp3) is 0.667. The average molecular weight is 174 g/mol. The molecule has 1 nitrogen and oxygen atoms in total. The van der Waals surface area contributed by atoms with Crippen molar-refractivity contribution >= 4 is 16.4 Å². The summed E-state index contributed by atoms with van der Waals surface area (Å²) >= 11 is 1.04. The number of thiol groups is 1. The van der Waals surface area contributed by atoms with Crippen LogP contribution in [0.1, 0.15) is 27.7 Å². The lowest BCUT2D eigenvalue weighted by Crippen LogP contribution is -1.93. The molecule has 1 N–H and O–H groups in total. The molecule has 66 valence electrons. The fourth-order valence-corrected chi connectivity index (χ4v) is 1.48. The third kappa shape index (κ3) is 7.82. The molecule has 0 aromatic carbocycles. The molecular formula is C9H18OS. The second-order valence-corrected chi connectivity index (χ2v) is 4.45.